The van der Waals surface area contributed by atoms with E-state index < -0.39 is 17.9 Å². The molecule has 7 heteroatoms. The summed E-state index contributed by atoms with van der Waals surface area (Å²) in [5.41, 5.74) is 0.855. The molecule has 0 radical (unpaired) electrons. The largest absolute Gasteiger partial charge is 0.495 e. The maximum atomic E-state index is 11.7. The number of amides is 2. The van der Waals surface area contributed by atoms with Crippen LogP contribution in [0, 0.1) is 17.2 Å². The van der Waals surface area contributed by atoms with Crippen LogP contribution in [0.2, 0.25) is 0 Å². The Hall–Kier alpha value is -2.75. The molecule has 0 aromatic heterocycles. The Morgan fingerprint density at radius 2 is 2.19 bits per heavy atom. The molecule has 0 aliphatic rings. The van der Waals surface area contributed by atoms with Gasteiger partial charge >= 0.3 is 12.0 Å². The van der Waals surface area contributed by atoms with Crippen molar-refractivity contribution < 1.29 is 19.4 Å². The van der Waals surface area contributed by atoms with Crippen LogP contribution in [0.5, 0.6) is 5.75 Å². The van der Waals surface area contributed by atoms with Crippen LogP contribution in [0.1, 0.15) is 18.9 Å². The average molecular weight is 291 g/mol. The number of hydrogen-bond acceptors (Lipinski definition) is 4. The van der Waals surface area contributed by atoms with Gasteiger partial charge in [-0.1, -0.05) is 6.92 Å². The Morgan fingerprint density at radius 1 is 1.48 bits per heavy atom. The first-order valence-electron chi connectivity index (χ1n) is 6.33. The van der Waals surface area contributed by atoms with Crippen molar-refractivity contribution in [2.24, 2.45) is 5.92 Å². The van der Waals surface area contributed by atoms with Gasteiger partial charge in [0.1, 0.15) is 5.75 Å². The Balaban J connectivity index is 2.55. The summed E-state index contributed by atoms with van der Waals surface area (Å²) in [5, 5.41) is 22.7. The molecule has 7 nitrogen and oxygen atoms in total. The molecule has 3 N–H and O–H groups in total. The summed E-state index contributed by atoms with van der Waals surface area (Å²) in [5.74, 6) is -1.04. The van der Waals surface area contributed by atoms with Crippen LogP contribution in [0.4, 0.5) is 10.5 Å². The predicted octanol–water partition coefficient (Wildman–Crippen LogP) is 1.80. The summed E-state index contributed by atoms with van der Waals surface area (Å²) in [4.78, 5) is 22.3. The predicted molar refractivity (Wildman–Crippen MR) is 76.1 cm³/mol. The smallest absolute Gasteiger partial charge is 0.319 e. The van der Waals surface area contributed by atoms with Gasteiger partial charge in [0.25, 0.3) is 0 Å². The molecule has 1 atom stereocenters. The number of nitriles is 1. The summed E-state index contributed by atoms with van der Waals surface area (Å²) in [6.07, 6.45) is 0.341. The molecule has 0 fully saturated rings. The number of rotatable bonds is 6. The Bertz CT molecular complexity index is 566. The first kappa shape index (κ1) is 16.3. The van der Waals surface area contributed by atoms with Gasteiger partial charge in [-0.3, -0.25) is 4.79 Å². The Kier molecular flexibility index (Phi) is 6.01. The Labute approximate surface area is 122 Å². The maximum absolute atomic E-state index is 11.7. The number of nitrogens with zero attached hydrogens (tertiary/aromatic N) is 1. The molecule has 0 saturated heterocycles. The zero-order valence-electron chi connectivity index (χ0n) is 11.8. The van der Waals surface area contributed by atoms with Crippen LogP contribution in [0.3, 0.4) is 0 Å². The van der Waals surface area contributed by atoms with Crippen molar-refractivity contribution in [1.29, 1.82) is 5.26 Å². The molecule has 1 unspecified atom stereocenters. The maximum Gasteiger partial charge on any atom is 0.319 e. The number of hydrogen-bond donors (Lipinski definition) is 3. The van der Waals surface area contributed by atoms with Crippen LogP contribution in [0.15, 0.2) is 18.2 Å². The van der Waals surface area contributed by atoms with Crippen molar-refractivity contribution in [3.8, 4) is 11.8 Å². The number of aliphatic carboxylic acids is 1. The van der Waals surface area contributed by atoms with E-state index in [4.69, 9.17) is 15.1 Å². The van der Waals surface area contributed by atoms with Gasteiger partial charge in [-0.15, -0.1) is 0 Å². The van der Waals surface area contributed by atoms with Gasteiger partial charge < -0.3 is 20.5 Å². The fourth-order valence-corrected chi connectivity index (χ4v) is 1.56. The molecule has 112 valence electrons. The molecule has 2 amide bonds. The first-order chi connectivity index (χ1) is 9.97. The highest BCUT2D eigenvalue weighted by Crippen LogP contribution is 2.25. The quantitative estimate of drug-likeness (QED) is 0.740. The third kappa shape index (κ3) is 5.03. The second kappa shape index (κ2) is 7.75. The van der Waals surface area contributed by atoms with Gasteiger partial charge in [0.2, 0.25) is 0 Å². The van der Waals surface area contributed by atoms with Crippen LogP contribution in [-0.4, -0.2) is 30.8 Å². The molecule has 0 aliphatic heterocycles. The third-order valence-corrected chi connectivity index (χ3v) is 2.86. The second-order valence-electron chi connectivity index (χ2n) is 4.44. The van der Waals surface area contributed by atoms with Crippen molar-refractivity contribution in [2.45, 2.75) is 13.3 Å². The molecular weight excluding hydrogens is 274 g/mol. The number of carbonyl (C=O) groups is 2. The molecule has 1 aromatic carbocycles. The van der Waals surface area contributed by atoms with Crippen molar-refractivity contribution in [2.75, 3.05) is 19.0 Å². The van der Waals surface area contributed by atoms with E-state index in [0.717, 1.165) is 0 Å². The number of methoxy groups -OCH3 is 1. The summed E-state index contributed by atoms with van der Waals surface area (Å²) in [6.45, 7) is 1.82. The van der Waals surface area contributed by atoms with E-state index in [1.165, 1.54) is 13.2 Å². The second-order valence-corrected chi connectivity index (χ2v) is 4.44. The molecule has 0 spiro atoms. The zero-order chi connectivity index (χ0) is 15.8. The Morgan fingerprint density at radius 3 is 2.76 bits per heavy atom. The number of carbonyl (C=O) groups excluding carboxylic acids is 1. The van der Waals surface area contributed by atoms with Gasteiger partial charge in [0, 0.05) is 12.6 Å². The molecule has 0 aliphatic carbocycles. The molecule has 1 rings (SSSR count). The number of urea groups is 1. The molecule has 0 bridgehead atoms. The van der Waals surface area contributed by atoms with Crippen molar-refractivity contribution >= 4 is 17.7 Å². The minimum atomic E-state index is -0.897. The number of carboxylic acids is 1. The highest BCUT2D eigenvalue weighted by Gasteiger charge is 2.12. The van der Waals surface area contributed by atoms with E-state index in [2.05, 4.69) is 10.6 Å². The lowest BCUT2D eigenvalue weighted by molar-refractivity contribution is -0.141. The molecule has 0 saturated carbocycles. The van der Waals surface area contributed by atoms with E-state index in [9.17, 15) is 9.59 Å². The monoisotopic (exact) mass is 291 g/mol. The number of carboxylic acid groups (broad SMARTS) is 1. The first-order valence-corrected chi connectivity index (χ1v) is 6.33. The number of anilines is 1. The van der Waals surface area contributed by atoms with E-state index >= 15 is 0 Å². The molecule has 1 aromatic rings. The zero-order valence-corrected chi connectivity index (χ0v) is 11.8. The van der Waals surface area contributed by atoms with E-state index in [0.29, 0.717) is 23.4 Å². The normalized spacial score (nSPS) is 11.1. The van der Waals surface area contributed by atoms with Crippen molar-refractivity contribution in [3.05, 3.63) is 23.8 Å². The van der Waals surface area contributed by atoms with Gasteiger partial charge in [-0.2, -0.15) is 5.26 Å². The van der Waals surface area contributed by atoms with Crippen LogP contribution in [-0.2, 0) is 4.79 Å². The summed E-state index contributed by atoms with van der Waals surface area (Å²) >= 11 is 0. The molecule has 21 heavy (non-hydrogen) atoms. The minimum absolute atomic E-state index is 0.248. The van der Waals surface area contributed by atoms with Crippen molar-refractivity contribution in [3.63, 3.8) is 0 Å². The van der Waals surface area contributed by atoms with Crippen LogP contribution < -0.4 is 15.4 Å². The minimum Gasteiger partial charge on any atom is -0.495 e. The highest BCUT2D eigenvalue weighted by atomic mass is 16.5. The van der Waals surface area contributed by atoms with Crippen LogP contribution in [0.25, 0.3) is 0 Å². The number of ether oxygens (including phenoxy) is 1. The van der Waals surface area contributed by atoms with Gasteiger partial charge in [-0.25, -0.2) is 4.79 Å². The fraction of sp³-hybridized carbons (Fsp3) is 0.357. The highest BCUT2D eigenvalue weighted by molar-refractivity contribution is 5.91. The molecular formula is C14H17N3O4. The third-order valence-electron chi connectivity index (χ3n) is 2.86. The topological polar surface area (TPSA) is 111 Å². The fourth-order valence-electron chi connectivity index (χ4n) is 1.56. The van der Waals surface area contributed by atoms with Crippen molar-refractivity contribution in [1.82, 2.24) is 5.32 Å². The lowest BCUT2D eigenvalue weighted by Gasteiger charge is -2.12. The standard InChI is InChI=1S/C14H17N3O4/c1-9(13(18)19)5-6-16-14(20)17-11-4-3-10(8-15)7-12(11)21-2/h3-4,7,9H,5-6H2,1-2H3,(H,18,19)(H2,16,17,20). The molecule has 0 heterocycles. The summed E-state index contributed by atoms with van der Waals surface area (Å²) in [7, 11) is 1.44. The number of nitrogens with one attached hydrogen (secondary N) is 2. The van der Waals surface area contributed by atoms with E-state index in [-0.39, 0.29) is 6.54 Å². The van der Waals surface area contributed by atoms with E-state index in [1.54, 1.807) is 19.1 Å². The van der Waals surface area contributed by atoms with E-state index in [1.807, 2.05) is 6.07 Å². The van der Waals surface area contributed by atoms with Gasteiger partial charge in [0.05, 0.1) is 30.3 Å². The summed E-state index contributed by atoms with van der Waals surface area (Å²) in [6, 6.07) is 6.16. The average Bonchev–Trinajstić information content (AvgIpc) is 2.47. The number of benzene rings is 1. The summed E-state index contributed by atoms with van der Waals surface area (Å²) < 4.78 is 5.09. The van der Waals surface area contributed by atoms with Gasteiger partial charge in [-0.05, 0) is 18.6 Å². The lowest BCUT2D eigenvalue weighted by Crippen LogP contribution is -2.31. The SMILES string of the molecule is COc1cc(C#N)ccc1NC(=O)NCCC(C)C(=O)O. The lowest BCUT2D eigenvalue weighted by atomic mass is 10.1. The van der Waals surface area contributed by atoms with Gasteiger partial charge in [0.15, 0.2) is 0 Å². The van der Waals surface area contributed by atoms with Crippen LogP contribution >= 0.6 is 0 Å².